The van der Waals surface area contributed by atoms with Crippen molar-refractivity contribution in [2.24, 2.45) is 5.16 Å². The second-order valence-corrected chi connectivity index (χ2v) is 6.31. The number of aryl methyl sites for hydroxylation is 1. The van der Waals surface area contributed by atoms with Gasteiger partial charge in [-0.1, -0.05) is 17.3 Å². The lowest BCUT2D eigenvalue weighted by Crippen LogP contribution is -2.06. The van der Waals surface area contributed by atoms with E-state index < -0.39 is 11.7 Å². The predicted octanol–water partition coefficient (Wildman–Crippen LogP) is 5.32. The van der Waals surface area contributed by atoms with Crippen molar-refractivity contribution in [3.8, 4) is 0 Å². The van der Waals surface area contributed by atoms with Crippen LogP contribution in [0.15, 0.2) is 41.7 Å². The number of hydrogen-bond donors (Lipinski definition) is 1. The molecule has 3 rings (SSSR count). The van der Waals surface area contributed by atoms with Crippen molar-refractivity contribution in [3.63, 3.8) is 0 Å². The fraction of sp³-hybridized carbons (Fsp3) is 0.250. The molecule has 8 heteroatoms. The minimum atomic E-state index is -4.39. The summed E-state index contributed by atoms with van der Waals surface area (Å²) in [4.78, 5) is 9.15. The van der Waals surface area contributed by atoms with Gasteiger partial charge in [0.25, 0.3) is 0 Å². The Balaban J connectivity index is 1.79. The van der Waals surface area contributed by atoms with E-state index in [-0.39, 0.29) is 6.10 Å². The lowest BCUT2D eigenvalue weighted by Gasteiger charge is -2.14. The minimum absolute atomic E-state index is 0.180. The molecule has 4 nitrogen and oxygen atoms in total. The van der Waals surface area contributed by atoms with Gasteiger partial charge in [0, 0.05) is 18.3 Å². The third-order valence-electron chi connectivity index (χ3n) is 3.62. The molecule has 0 amide bonds. The van der Waals surface area contributed by atoms with E-state index in [1.165, 1.54) is 6.07 Å². The smallest absolute Gasteiger partial charge is 0.386 e. The number of pyridine rings is 1. The van der Waals surface area contributed by atoms with Crippen LogP contribution in [-0.2, 0) is 11.0 Å². The molecular formula is C16H13BrF3N3O. The second kappa shape index (κ2) is 6.43. The van der Waals surface area contributed by atoms with Gasteiger partial charge < -0.3 is 10.2 Å². The molecular weight excluding hydrogens is 387 g/mol. The van der Waals surface area contributed by atoms with E-state index in [4.69, 9.17) is 4.84 Å². The van der Waals surface area contributed by atoms with Crippen LogP contribution in [0.25, 0.3) is 0 Å². The summed E-state index contributed by atoms with van der Waals surface area (Å²) in [6, 6.07) is 8.05. The van der Waals surface area contributed by atoms with E-state index in [0.29, 0.717) is 12.2 Å². The van der Waals surface area contributed by atoms with Crippen LogP contribution < -0.4 is 5.32 Å². The summed E-state index contributed by atoms with van der Waals surface area (Å²) in [5.41, 5.74) is 1.85. The van der Waals surface area contributed by atoms with E-state index in [0.717, 1.165) is 33.7 Å². The number of oxime groups is 1. The third kappa shape index (κ3) is 3.69. The molecule has 1 atom stereocenters. The van der Waals surface area contributed by atoms with Crippen LogP contribution in [0, 0.1) is 6.92 Å². The van der Waals surface area contributed by atoms with Crippen LogP contribution in [0.5, 0.6) is 0 Å². The highest BCUT2D eigenvalue weighted by Gasteiger charge is 2.30. The Hall–Kier alpha value is -2.09. The van der Waals surface area contributed by atoms with Crippen LogP contribution in [0.1, 0.15) is 29.2 Å². The van der Waals surface area contributed by atoms with Crippen LogP contribution >= 0.6 is 15.9 Å². The van der Waals surface area contributed by atoms with E-state index in [2.05, 4.69) is 31.4 Å². The highest BCUT2D eigenvalue weighted by molar-refractivity contribution is 9.18. The number of hydrogen-bond acceptors (Lipinski definition) is 4. The molecule has 1 aliphatic rings. The van der Waals surface area contributed by atoms with Crippen molar-refractivity contribution in [2.75, 3.05) is 5.32 Å². The molecule has 0 radical (unpaired) electrons. The number of rotatable bonds is 3. The Kier molecular flexibility index (Phi) is 4.49. The van der Waals surface area contributed by atoms with Crippen molar-refractivity contribution < 1.29 is 18.0 Å². The Morgan fingerprint density at radius 2 is 2.04 bits per heavy atom. The van der Waals surface area contributed by atoms with Crippen LogP contribution in [0.3, 0.4) is 0 Å². The maximum atomic E-state index is 12.6. The molecule has 0 fully saturated rings. The first-order chi connectivity index (χ1) is 11.3. The molecule has 126 valence electrons. The summed E-state index contributed by atoms with van der Waals surface area (Å²) >= 11 is 3.29. The lowest BCUT2D eigenvalue weighted by molar-refractivity contribution is -0.137. The molecule has 0 saturated carbocycles. The summed E-state index contributed by atoms with van der Waals surface area (Å²) in [5, 5.41) is 6.90. The summed E-state index contributed by atoms with van der Waals surface area (Å²) < 4.78 is 38.5. The number of nitrogens with zero attached hydrogens (tertiary/aromatic N) is 2. The third-order valence-corrected chi connectivity index (χ3v) is 4.09. The van der Waals surface area contributed by atoms with Crippen LogP contribution in [0.4, 0.5) is 24.7 Å². The molecule has 1 aliphatic heterocycles. The molecule has 0 spiro atoms. The first kappa shape index (κ1) is 16.8. The monoisotopic (exact) mass is 399 g/mol. The maximum absolute atomic E-state index is 12.6. The van der Waals surface area contributed by atoms with Gasteiger partial charge in [-0.15, -0.1) is 0 Å². The van der Waals surface area contributed by atoms with Crippen molar-refractivity contribution in [3.05, 3.63) is 53.2 Å². The summed E-state index contributed by atoms with van der Waals surface area (Å²) in [6.07, 6.45) is -3.12. The number of aromatic nitrogens is 1. The zero-order valence-electron chi connectivity index (χ0n) is 12.6. The van der Waals surface area contributed by atoms with Crippen LogP contribution in [-0.4, -0.2) is 9.60 Å². The highest BCUT2D eigenvalue weighted by atomic mass is 79.9. The van der Waals surface area contributed by atoms with Gasteiger partial charge in [-0.2, -0.15) is 13.2 Å². The number of anilines is 2. The van der Waals surface area contributed by atoms with Gasteiger partial charge in [0.1, 0.15) is 10.4 Å². The van der Waals surface area contributed by atoms with E-state index in [1.807, 2.05) is 25.1 Å². The standard InChI is InChI=1S/C16H13BrF3N3O/c1-9-2-3-10(13-7-14(17)23-24-13)6-12(9)22-15-5-4-11(8-21-15)16(18,19)20/h2-6,8,13H,7H2,1H3,(H,21,22). The van der Waals surface area contributed by atoms with Gasteiger partial charge in [-0.25, -0.2) is 4.98 Å². The minimum Gasteiger partial charge on any atom is -0.386 e. The van der Waals surface area contributed by atoms with Gasteiger partial charge >= 0.3 is 6.18 Å². The Morgan fingerprint density at radius 1 is 1.25 bits per heavy atom. The molecule has 24 heavy (non-hydrogen) atoms. The summed E-state index contributed by atoms with van der Waals surface area (Å²) in [6.45, 7) is 1.90. The molecule has 1 aromatic heterocycles. The molecule has 1 unspecified atom stereocenters. The first-order valence-corrected chi connectivity index (χ1v) is 7.91. The largest absolute Gasteiger partial charge is 0.417 e. The van der Waals surface area contributed by atoms with E-state index in [1.54, 1.807) is 0 Å². The Labute approximate surface area is 144 Å². The van der Waals surface area contributed by atoms with Crippen molar-refractivity contribution in [1.29, 1.82) is 0 Å². The number of benzene rings is 1. The van der Waals surface area contributed by atoms with Crippen molar-refractivity contribution in [1.82, 2.24) is 4.98 Å². The zero-order chi connectivity index (χ0) is 17.3. The summed E-state index contributed by atoms with van der Waals surface area (Å²) in [7, 11) is 0. The summed E-state index contributed by atoms with van der Waals surface area (Å²) in [5.74, 6) is 0.341. The number of nitrogens with one attached hydrogen (secondary N) is 1. The SMILES string of the molecule is Cc1ccc(C2CC(Br)=NO2)cc1Nc1ccc(C(F)(F)F)cn1. The van der Waals surface area contributed by atoms with Crippen LogP contribution in [0.2, 0.25) is 0 Å². The average Bonchev–Trinajstić information content (AvgIpc) is 2.96. The molecule has 0 saturated heterocycles. The van der Waals surface area contributed by atoms with E-state index in [9.17, 15) is 13.2 Å². The second-order valence-electron chi connectivity index (χ2n) is 5.39. The number of alkyl halides is 3. The topological polar surface area (TPSA) is 46.5 Å². The zero-order valence-corrected chi connectivity index (χ0v) is 14.1. The van der Waals surface area contributed by atoms with Gasteiger partial charge in [0.05, 0.1) is 5.56 Å². The number of halogens is 4. The van der Waals surface area contributed by atoms with Gasteiger partial charge in [0.15, 0.2) is 6.10 Å². The molecule has 1 N–H and O–H groups in total. The normalized spacial score (nSPS) is 17.4. The van der Waals surface area contributed by atoms with E-state index >= 15 is 0 Å². The first-order valence-electron chi connectivity index (χ1n) is 7.12. The molecule has 2 aromatic rings. The van der Waals surface area contributed by atoms with Gasteiger partial charge in [0.2, 0.25) is 0 Å². The predicted molar refractivity (Wildman–Crippen MR) is 88.5 cm³/mol. The van der Waals surface area contributed by atoms with Gasteiger partial charge in [-0.05, 0) is 52.2 Å². The quantitative estimate of drug-likeness (QED) is 0.759. The Bertz CT molecular complexity index is 775. The van der Waals surface area contributed by atoms with Crippen molar-refractivity contribution >= 4 is 32.1 Å². The molecule has 1 aromatic carbocycles. The fourth-order valence-corrected chi connectivity index (χ4v) is 2.65. The average molecular weight is 400 g/mol. The highest BCUT2D eigenvalue weighted by Crippen LogP contribution is 2.33. The molecule has 0 aliphatic carbocycles. The van der Waals surface area contributed by atoms with Crippen molar-refractivity contribution in [2.45, 2.75) is 25.6 Å². The maximum Gasteiger partial charge on any atom is 0.417 e. The fourth-order valence-electron chi connectivity index (χ4n) is 2.28. The van der Waals surface area contributed by atoms with Gasteiger partial charge in [-0.3, -0.25) is 0 Å². The lowest BCUT2D eigenvalue weighted by atomic mass is 10.0. The molecule has 0 bridgehead atoms. The Morgan fingerprint density at radius 3 is 2.62 bits per heavy atom. The molecule has 2 heterocycles.